The van der Waals surface area contributed by atoms with Crippen LogP contribution in [0.1, 0.15) is 11.0 Å². The van der Waals surface area contributed by atoms with Gasteiger partial charge in [-0.3, -0.25) is 0 Å². The van der Waals surface area contributed by atoms with Crippen LogP contribution in [0.2, 0.25) is 0 Å². The molecular weight excluding hydrogens is 520 g/mol. The maximum Gasteiger partial charge on any atom is 0.135 e. The van der Waals surface area contributed by atoms with Crippen LogP contribution in [0.25, 0.3) is 87.6 Å². The van der Waals surface area contributed by atoms with Crippen molar-refractivity contribution >= 4 is 54.3 Å². The first kappa shape index (κ1) is 17.3. The van der Waals surface area contributed by atoms with E-state index in [0.29, 0.717) is 33.4 Å². The van der Waals surface area contributed by atoms with E-state index in [4.69, 9.17) is 9.90 Å². The average Bonchev–Trinajstić information content (AvgIpc) is 3.54. The van der Waals surface area contributed by atoms with Gasteiger partial charge in [-0.2, -0.15) is 0 Å². The normalized spacial score (nSPS) is 14.3. The minimum Gasteiger partial charge on any atom is -0.456 e. The average molecular weight is 555 g/mol. The third-order valence-electron chi connectivity index (χ3n) is 8.28. The third kappa shape index (κ3) is 3.72. The Balaban J connectivity index is 1.56. The summed E-state index contributed by atoms with van der Waals surface area (Å²) in [7, 11) is 0. The van der Waals surface area contributed by atoms with Crippen molar-refractivity contribution in [1.82, 2.24) is 0 Å². The molecule has 0 saturated heterocycles. The molecule has 43 heavy (non-hydrogen) atoms. The van der Waals surface area contributed by atoms with Gasteiger partial charge in [-0.25, -0.2) is 0 Å². The second-order valence-corrected chi connectivity index (χ2v) is 10.7. The highest BCUT2D eigenvalue weighted by Crippen LogP contribution is 2.47. The van der Waals surface area contributed by atoms with Crippen molar-refractivity contribution in [2.75, 3.05) is 0 Å². The maximum atomic E-state index is 9.41. The molecule has 0 amide bonds. The summed E-state index contributed by atoms with van der Waals surface area (Å²) in [6.07, 6.45) is 0. The lowest BCUT2D eigenvalue weighted by Gasteiger charge is -2.19. The van der Waals surface area contributed by atoms with E-state index in [-0.39, 0.29) is 45.7 Å². The number of fused-ring (bicyclic) bond motifs is 6. The second-order valence-electron chi connectivity index (χ2n) is 10.7. The molecule has 0 aliphatic heterocycles. The van der Waals surface area contributed by atoms with Gasteiger partial charge in [0.1, 0.15) is 11.2 Å². The zero-order chi connectivity index (χ0) is 35.3. The summed E-state index contributed by atoms with van der Waals surface area (Å²) in [6, 6.07) is 31.7. The zero-order valence-electron chi connectivity index (χ0n) is 30.8. The van der Waals surface area contributed by atoms with Crippen LogP contribution >= 0.6 is 0 Å². The highest BCUT2D eigenvalue weighted by atomic mass is 16.3. The molecule has 0 radical (unpaired) electrons. The number of furan rings is 1. The highest BCUT2D eigenvalue weighted by Gasteiger charge is 2.19. The van der Waals surface area contributed by atoms with Crippen LogP contribution < -0.4 is 0 Å². The standard InChI is InChI=1S/C42H26O/c1-2-12-27(13-3-1)30-24-28-14-4-5-15-31(28)38(26-30)42-35-19-8-6-17-33(35)41(34-18-7-9-20-36(34)42)29-22-23-40-37(25-29)32-16-10-11-21-39(32)43-40/h1-26H/i6D,7D,8D,9D,17D,18D,19D,20D. The van der Waals surface area contributed by atoms with E-state index in [2.05, 4.69) is 6.07 Å². The molecule has 1 heterocycles. The molecule has 0 spiro atoms. The van der Waals surface area contributed by atoms with Crippen LogP contribution in [0.3, 0.4) is 0 Å². The van der Waals surface area contributed by atoms with E-state index < -0.39 is 24.2 Å². The quantitative estimate of drug-likeness (QED) is 0.198. The van der Waals surface area contributed by atoms with Gasteiger partial charge in [-0.15, -0.1) is 0 Å². The minimum absolute atomic E-state index is 0.176. The van der Waals surface area contributed by atoms with Gasteiger partial charge in [0.15, 0.2) is 0 Å². The predicted octanol–water partition coefficient (Wildman–Crippen LogP) is 12.0. The first-order valence-electron chi connectivity index (χ1n) is 18.1. The summed E-state index contributed by atoms with van der Waals surface area (Å²) in [5.41, 5.74) is 4.85. The van der Waals surface area contributed by atoms with Crippen molar-refractivity contribution in [2.45, 2.75) is 0 Å². The maximum absolute atomic E-state index is 9.41. The monoisotopic (exact) mass is 554 g/mol. The molecule has 9 rings (SSSR count). The Morgan fingerprint density at radius 1 is 0.395 bits per heavy atom. The summed E-state index contributed by atoms with van der Waals surface area (Å²) >= 11 is 0. The van der Waals surface area contributed by atoms with Crippen molar-refractivity contribution in [3.05, 3.63) is 158 Å². The van der Waals surface area contributed by atoms with Gasteiger partial charge in [0.25, 0.3) is 0 Å². The lowest BCUT2D eigenvalue weighted by molar-refractivity contribution is 0.669. The number of benzene rings is 8. The van der Waals surface area contributed by atoms with Gasteiger partial charge in [0, 0.05) is 10.8 Å². The van der Waals surface area contributed by atoms with Crippen molar-refractivity contribution in [3.8, 4) is 33.4 Å². The molecule has 8 aromatic carbocycles. The molecule has 0 aliphatic rings. The topological polar surface area (TPSA) is 13.1 Å². The largest absolute Gasteiger partial charge is 0.456 e. The molecule has 9 aromatic rings. The molecule has 1 nitrogen and oxygen atoms in total. The Hall–Kier alpha value is -5.66. The van der Waals surface area contributed by atoms with E-state index >= 15 is 0 Å². The molecule has 1 aromatic heterocycles. The molecule has 0 saturated carbocycles. The number of hydrogen-bond acceptors (Lipinski definition) is 1. The van der Waals surface area contributed by atoms with Gasteiger partial charge >= 0.3 is 0 Å². The lowest BCUT2D eigenvalue weighted by Crippen LogP contribution is -1.92. The minimum atomic E-state index is -0.433. The zero-order valence-corrected chi connectivity index (χ0v) is 22.8. The van der Waals surface area contributed by atoms with Crippen molar-refractivity contribution in [1.29, 1.82) is 0 Å². The smallest absolute Gasteiger partial charge is 0.135 e. The molecule has 0 aliphatic carbocycles. The van der Waals surface area contributed by atoms with E-state index in [1.165, 1.54) is 0 Å². The second kappa shape index (κ2) is 9.44. The summed E-state index contributed by atoms with van der Waals surface area (Å²) in [4.78, 5) is 0. The number of rotatable bonds is 3. The van der Waals surface area contributed by atoms with Crippen LogP contribution in [0.4, 0.5) is 0 Å². The molecule has 0 N–H and O–H groups in total. The van der Waals surface area contributed by atoms with E-state index in [9.17, 15) is 5.48 Å². The molecule has 0 fully saturated rings. The lowest BCUT2D eigenvalue weighted by atomic mass is 9.83. The van der Waals surface area contributed by atoms with E-state index in [1.807, 2.05) is 91.0 Å². The first-order valence-corrected chi connectivity index (χ1v) is 14.1. The van der Waals surface area contributed by atoms with Gasteiger partial charge in [0.05, 0.1) is 11.0 Å². The SMILES string of the molecule is [2H]c1c([2H])c([2H])c2c(-c3cc(-c4ccccc4)cc4ccccc34)c3c([2H])c([2H])c([2H])c([2H])c3c(-c3ccc4oc5ccccc5c4c3)c2c1[2H]. The highest BCUT2D eigenvalue weighted by molar-refractivity contribution is 6.24. The molecule has 200 valence electrons. The summed E-state index contributed by atoms with van der Waals surface area (Å²) in [5, 5.41) is 3.99. The summed E-state index contributed by atoms with van der Waals surface area (Å²) in [5.74, 6) is 0. The van der Waals surface area contributed by atoms with Crippen molar-refractivity contribution < 1.29 is 15.4 Å². The van der Waals surface area contributed by atoms with Gasteiger partial charge in [-0.1, -0.05) is 127 Å². The summed E-state index contributed by atoms with van der Waals surface area (Å²) < 4.78 is 79.0. The molecule has 0 bridgehead atoms. The van der Waals surface area contributed by atoms with Crippen molar-refractivity contribution in [2.24, 2.45) is 0 Å². The van der Waals surface area contributed by atoms with Crippen LogP contribution in [0, 0.1) is 0 Å². The van der Waals surface area contributed by atoms with E-state index in [1.54, 1.807) is 12.1 Å². The summed E-state index contributed by atoms with van der Waals surface area (Å²) in [6.45, 7) is 0. The van der Waals surface area contributed by atoms with Crippen LogP contribution in [0.15, 0.2) is 162 Å². The fraction of sp³-hybridized carbons (Fsp3) is 0. The van der Waals surface area contributed by atoms with Gasteiger partial charge < -0.3 is 4.42 Å². The third-order valence-corrected chi connectivity index (χ3v) is 8.28. The van der Waals surface area contributed by atoms with Crippen LogP contribution in [-0.2, 0) is 0 Å². The van der Waals surface area contributed by atoms with Crippen LogP contribution in [0.5, 0.6) is 0 Å². The van der Waals surface area contributed by atoms with E-state index in [0.717, 1.165) is 32.7 Å². The molecule has 1 heteroatoms. The molecular formula is C42H26O. The molecule has 0 unspecified atom stereocenters. The van der Waals surface area contributed by atoms with Crippen molar-refractivity contribution in [3.63, 3.8) is 0 Å². The number of para-hydroxylation sites is 1. The Bertz CT molecular complexity index is 2870. The van der Waals surface area contributed by atoms with Gasteiger partial charge in [-0.05, 0) is 96.0 Å². The first-order chi connectivity index (χ1) is 24.7. The predicted molar refractivity (Wildman–Crippen MR) is 183 cm³/mol. The molecule has 0 atom stereocenters. The Morgan fingerprint density at radius 2 is 1.00 bits per heavy atom. The Morgan fingerprint density at radius 3 is 1.74 bits per heavy atom. The fourth-order valence-electron chi connectivity index (χ4n) is 6.38. The number of hydrogen-bond donors (Lipinski definition) is 0. The Kier molecular flexibility index (Phi) is 3.80. The van der Waals surface area contributed by atoms with Gasteiger partial charge in [0.2, 0.25) is 0 Å². The fourth-order valence-corrected chi connectivity index (χ4v) is 6.38. The van der Waals surface area contributed by atoms with Crippen LogP contribution in [-0.4, -0.2) is 0 Å². The Labute approximate surface area is 260 Å².